The lowest BCUT2D eigenvalue weighted by Gasteiger charge is -2.00. The van der Waals surface area contributed by atoms with Crippen molar-refractivity contribution in [1.82, 2.24) is 20.3 Å². The summed E-state index contributed by atoms with van der Waals surface area (Å²) in [4.78, 5) is 23.6. The van der Waals surface area contributed by atoms with E-state index in [4.69, 9.17) is 5.26 Å². The highest BCUT2D eigenvalue weighted by atomic mass is 16.1. The lowest BCUT2D eigenvalue weighted by atomic mass is 10.1. The highest BCUT2D eigenvalue weighted by Crippen LogP contribution is 2.27. The van der Waals surface area contributed by atoms with Gasteiger partial charge in [0.15, 0.2) is 0 Å². The van der Waals surface area contributed by atoms with Gasteiger partial charge in [0.2, 0.25) is 5.91 Å². The number of carbonyl (C=O) groups excluding carboxylic acids is 1. The molecule has 1 amide bonds. The van der Waals surface area contributed by atoms with Crippen molar-refractivity contribution >= 4 is 27.8 Å². The fourth-order valence-electron chi connectivity index (χ4n) is 2.74. The maximum Gasteiger partial charge on any atom is 0.220 e. The molecule has 1 saturated heterocycles. The number of hydrogen-bond acceptors (Lipinski definition) is 4. The van der Waals surface area contributed by atoms with Crippen molar-refractivity contribution in [2.45, 2.75) is 12.3 Å². The molecular weight excluding hydrogens is 266 g/mol. The van der Waals surface area contributed by atoms with E-state index in [0.717, 1.165) is 27.8 Å². The summed E-state index contributed by atoms with van der Waals surface area (Å²) in [5, 5.41) is 12.7. The molecule has 21 heavy (non-hydrogen) atoms. The molecule has 0 saturated carbocycles. The highest BCUT2D eigenvalue weighted by Gasteiger charge is 2.26. The number of fused-ring (bicyclic) bond motifs is 3. The van der Waals surface area contributed by atoms with Gasteiger partial charge in [0.05, 0.1) is 34.4 Å². The zero-order valence-corrected chi connectivity index (χ0v) is 11.1. The molecule has 2 aromatic heterocycles. The number of pyridine rings is 1. The van der Waals surface area contributed by atoms with Crippen molar-refractivity contribution in [2.24, 2.45) is 0 Å². The van der Waals surface area contributed by atoms with Gasteiger partial charge >= 0.3 is 0 Å². The molecule has 3 aromatic rings. The molecule has 3 heterocycles. The number of amides is 1. The van der Waals surface area contributed by atoms with Crippen LogP contribution in [-0.4, -0.2) is 27.4 Å². The van der Waals surface area contributed by atoms with Crippen LogP contribution in [0.4, 0.5) is 0 Å². The molecule has 0 spiro atoms. The first-order valence-corrected chi connectivity index (χ1v) is 6.70. The molecule has 102 valence electrons. The van der Waals surface area contributed by atoms with E-state index in [0.29, 0.717) is 18.5 Å². The predicted octanol–water partition coefficient (Wildman–Crippen LogP) is 1.59. The van der Waals surface area contributed by atoms with Crippen LogP contribution in [0.2, 0.25) is 0 Å². The Balaban J connectivity index is 1.92. The molecule has 4 rings (SSSR count). The van der Waals surface area contributed by atoms with Crippen LogP contribution in [0.25, 0.3) is 21.9 Å². The van der Waals surface area contributed by atoms with E-state index in [2.05, 4.69) is 26.3 Å². The second-order valence-electron chi connectivity index (χ2n) is 5.19. The highest BCUT2D eigenvalue weighted by molar-refractivity contribution is 6.02. The van der Waals surface area contributed by atoms with E-state index in [-0.39, 0.29) is 11.8 Å². The summed E-state index contributed by atoms with van der Waals surface area (Å²) < 4.78 is 0. The standard InChI is InChI=1S/C15H11N5O/c16-5-8-1-2-11-10(3-8)14-12(7-17-11)19-15(20-14)9-4-13(21)18-6-9/h1-3,7,9H,4,6H2,(H,18,21)(H,19,20). The number of hydrogen-bond donors (Lipinski definition) is 2. The Hall–Kier alpha value is -2.94. The number of nitriles is 1. The fourth-order valence-corrected chi connectivity index (χ4v) is 2.74. The van der Waals surface area contributed by atoms with Gasteiger partial charge in [-0.2, -0.15) is 5.26 Å². The van der Waals surface area contributed by atoms with Gasteiger partial charge in [0, 0.05) is 24.3 Å². The van der Waals surface area contributed by atoms with E-state index >= 15 is 0 Å². The van der Waals surface area contributed by atoms with E-state index in [1.54, 1.807) is 18.3 Å². The van der Waals surface area contributed by atoms with Crippen molar-refractivity contribution in [3.05, 3.63) is 35.8 Å². The molecular formula is C15H11N5O. The summed E-state index contributed by atoms with van der Waals surface area (Å²) in [6, 6.07) is 7.50. The molecule has 6 nitrogen and oxygen atoms in total. The molecule has 1 aliphatic rings. The van der Waals surface area contributed by atoms with E-state index < -0.39 is 0 Å². The summed E-state index contributed by atoms with van der Waals surface area (Å²) in [5.74, 6) is 0.911. The third kappa shape index (κ3) is 1.82. The lowest BCUT2D eigenvalue weighted by molar-refractivity contribution is -0.119. The second kappa shape index (κ2) is 4.28. The number of carbonyl (C=O) groups is 1. The number of aromatic amines is 1. The first-order valence-electron chi connectivity index (χ1n) is 6.70. The molecule has 1 atom stereocenters. The lowest BCUT2D eigenvalue weighted by Crippen LogP contribution is -2.13. The molecule has 0 bridgehead atoms. The second-order valence-corrected chi connectivity index (χ2v) is 5.19. The molecule has 1 aromatic carbocycles. The largest absolute Gasteiger partial charge is 0.355 e. The molecule has 6 heteroatoms. The number of rotatable bonds is 1. The molecule has 1 unspecified atom stereocenters. The molecule has 2 N–H and O–H groups in total. The molecule has 0 radical (unpaired) electrons. The van der Waals surface area contributed by atoms with Crippen LogP contribution in [0.15, 0.2) is 24.4 Å². The average Bonchev–Trinajstić information content (AvgIpc) is 3.12. The molecule has 0 aliphatic carbocycles. The zero-order chi connectivity index (χ0) is 14.4. The Morgan fingerprint density at radius 2 is 2.29 bits per heavy atom. The first-order chi connectivity index (χ1) is 10.2. The van der Waals surface area contributed by atoms with Gasteiger partial charge in [-0.05, 0) is 18.2 Å². The maximum absolute atomic E-state index is 11.3. The minimum Gasteiger partial charge on any atom is -0.355 e. The summed E-state index contributed by atoms with van der Waals surface area (Å²) in [6.07, 6.45) is 2.19. The Morgan fingerprint density at radius 1 is 1.38 bits per heavy atom. The Bertz CT molecular complexity index is 921. The van der Waals surface area contributed by atoms with Crippen LogP contribution in [-0.2, 0) is 4.79 Å². The van der Waals surface area contributed by atoms with Crippen molar-refractivity contribution in [2.75, 3.05) is 6.54 Å². The van der Waals surface area contributed by atoms with Crippen LogP contribution in [0, 0.1) is 11.3 Å². The number of aromatic nitrogens is 3. The Morgan fingerprint density at radius 3 is 3.05 bits per heavy atom. The van der Waals surface area contributed by atoms with Crippen LogP contribution in [0.5, 0.6) is 0 Å². The van der Waals surface area contributed by atoms with E-state index in [1.807, 2.05) is 6.07 Å². The van der Waals surface area contributed by atoms with Gasteiger partial charge in [0.25, 0.3) is 0 Å². The van der Waals surface area contributed by atoms with E-state index in [9.17, 15) is 4.79 Å². The summed E-state index contributed by atoms with van der Waals surface area (Å²) in [7, 11) is 0. The van der Waals surface area contributed by atoms with Gasteiger partial charge in [-0.15, -0.1) is 0 Å². The van der Waals surface area contributed by atoms with Crippen molar-refractivity contribution in [1.29, 1.82) is 5.26 Å². The fraction of sp³-hybridized carbons (Fsp3) is 0.200. The summed E-state index contributed by atoms with van der Waals surface area (Å²) in [5.41, 5.74) is 3.01. The number of nitrogens with zero attached hydrogens (tertiary/aromatic N) is 3. The number of H-pyrrole nitrogens is 1. The quantitative estimate of drug-likeness (QED) is 0.706. The monoisotopic (exact) mass is 277 g/mol. The van der Waals surface area contributed by atoms with Gasteiger partial charge in [-0.3, -0.25) is 9.78 Å². The minimum atomic E-state index is 0.0511. The van der Waals surface area contributed by atoms with E-state index in [1.165, 1.54) is 0 Å². The third-order valence-electron chi connectivity index (χ3n) is 3.83. The SMILES string of the molecule is N#Cc1ccc2ncc3[nH]c(C4CNC(=O)C4)nc3c2c1. The summed E-state index contributed by atoms with van der Waals surface area (Å²) >= 11 is 0. The summed E-state index contributed by atoms with van der Waals surface area (Å²) in [6.45, 7) is 0.605. The molecule has 1 fully saturated rings. The van der Waals surface area contributed by atoms with Crippen molar-refractivity contribution in [3.63, 3.8) is 0 Å². The van der Waals surface area contributed by atoms with Crippen LogP contribution < -0.4 is 5.32 Å². The normalized spacial score (nSPS) is 18.0. The third-order valence-corrected chi connectivity index (χ3v) is 3.83. The van der Waals surface area contributed by atoms with Gasteiger partial charge in [-0.1, -0.05) is 0 Å². The number of benzene rings is 1. The van der Waals surface area contributed by atoms with Crippen molar-refractivity contribution in [3.8, 4) is 6.07 Å². The first kappa shape index (κ1) is 11.9. The van der Waals surface area contributed by atoms with Gasteiger partial charge in [-0.25, -0.2) is 4.98 Å². The number of imidazole rings is 1. The smallest absolute Gasteiger partial charge is 0.220 e. The zero-order valence-electron chi connectivity index (χ0n) is 11.1. The van der Waals surface area contributed by atoms with Crippen LogP contribution >= 0.6 is 0 Å². The number of nitrogens with one attached hydrogen (secondary N) is 2. The minimum absolute atomic E-state index is 0.0511. The van der Waals surface area contributed by atoms with Crippen LogP contribution in [0.3, 0.4) is 0 Å². The van der Waals surface area contributed by atoms with Crippen molar-refractivity contribution < 1.29 is 4.79 Å². The maximum atomic E-state index is 11.3. The average molecular weight is 277 g/mol. The van der Waals surface area contributed by atoms with Gasteiger partial charge in [0.1, 0.15) is 5.82 Å². The van der Waals surface area contributed by atoms with Crippen LogP contribution in [0.1, 0.15) is 23.7 Å². The Kier molecular flexibility index (Phi) is 2.42. The topological polar surface area (TPSA) is 94.5 Å². The predicted molar refractivity (Wildman–Crippen MR) is 76.5 cm³/mol. The molecule has 1 aliphatic heterocycles. The van der Waals surface area contributed by atoms with Gasteiger partial charge < -0.3 is 10.3 Å². The Labute approximate surface area is 119 Å².